The van der Waals surface area contributed by atoms with Crippen molar-refractivity contribution >= 4 is 11.3 Å². The molecule has 1 unspecified atom stereocenters. The summed E-state index contributed by atoms with van der Waals surface area (Å²) in [5.41, 5.74) is 3.32. The number of nitrogens with one attached hydrogen (secondary N) is 1. The first-order valence-corrected chi connectivity index (χ1v) is 7.44. The zero-order valence-corrected chi connectivity index (χ0v) is 11.6. The average Bonchev–Trinajstić information content (AvgIpc) is 2.94. The monoisotopic (exact) mass is 260 g/mol. The number of nitrogens with zero attached hydrogens (tertiary/aromatic N) is 1. The summed E-state index contributed by atoms with van der Waals surface area (Å²) >= 11 is 1.74. The maximum Gasteiger partial charge on any atom is 0.0794 e. The minimum Gasteiger partial charge on any atom is -0.309 e. The van der Waals surface area contributed by atoms with Gasteiger partial charge in [-0.25, -0.2) is 0 Å². The standard InChI is InChI=1S/C15H20N2S/c1-2-10-17-14(15-11-16-12-18-15)9-8-13-6-4-3-5-7-13/h3-7,11-12,14,17H,2,8-10H2,1H3. The molecule has 18 heavy (non-hydrogen) atoms. The minimum absolute atomic E-state index is 0.442. The molecule has 0 spiro atoms. The Kier molecular flexibility index (Phi) is 5.36. The Morgan fingerprint density at radius 1 is 1.28 bits per heavy atom. The first-order valence-electron chi connectivity index (χ1n) is 6.56. The molecule has 0 saturated carbocycles. The highest BCUT2D eigenvalue weighted by molar-refractivity contribution is 7.09. The molecular formula is C15H20N2S. The molecule has 0 radical (unpaired) electrons. The van der Waals surface area contributed by atoms with E-state index in [4.69, 9.17) is 0 Å². The van der Waals surface area contributed by atoms with Crippen LogP contribution in [0.4, 0.5) is 0 Å². The number of aromatic nitrogens is 1. The summed E-state index contributed by atoms with van der Waals surface area (Å²) in [6.07, 6.45) is 5.40. The summed E-state index contributed by atoms with van der Waals surface area (Å²) < 4.78 is 0. The highest BCUT2D eigenvalue weighted by Crippen LogP contribution is 2.22. The Morgan fingerprint density at radius 3 is 2.78 bits per heavy atom. The number of thiazole rings is 1. The summed E-state index contributed by atoms with van der Waals surface area (Å²) in [4.78, 5) is 5.53. The zero-order valence-electron chi connectivity index (χ0n) is 10.8. The van der Waals surface area contributed by atoms with E-state index in [-0.39, 0.29) is 0 Å². The van der Waals surface area contributed by atoms with Crippen molar-refractivity contribution in [2.75, 3.05) is 6.54 Å². The highest BCUT2D eigenvalue weighted by Gasteiger charge is 2.12. The molecule has 0 aliphatic carbocycles. The zero-order chi connectivity index (χ0) is 12.6. The van der Waals surface area contributed by atoms with E-state index in [1.807, 2.05) is 11.7 Å². The van der Waals surface area contributed by atoms with Gasteiger partial charge in [-0.3, -0.25) is 4.98 Å². The van der Waals surface area contributed by atoms with Gasteiger partial charge in [0.1, 0.15) is 0 Å². The van der Waals surface area contributed by atoms with Crippen LogP contribution in [0.25, 0.3) is 0 Å². The summed E-state index contributed by atoms with van der Waals surface area (Å²) in [7, 11) is 0. The third-order valence-corrected chi connectivity index (χ3v) is 3.89. The van der Waals surface area contributed by atoms with E-state index in [1.165, 1.54) is 16.9 Å². The van der Waals surface area contributed by atoms with Crippen molar-refractivity contribution < 1.29 is 0 Å². The van der Waals surface area contributed by atoms with Crippen molar-refractivity contribution in [1.82, 2.24) is 10.3 Å². The van der Waals surface area contributed by atoms with E-state index in [9.17, 15) is 0 Å². The largest absolute Gasteiger partial charge is 0.309 e. The maximum absolute atomic E-state index is 4.18. The molecule has 0 saturated heterocycles. The van der Waals surface area contributed by atoms with Crippen LogP contribution in [-0.4, -0.2) is 11.5 Å². The second kappa shape index (κ2) is 7.29. The molecular weight excluding hydrogens is 240 g/mol. The summed E-state index contributed by atoms with van der Waals surface area (Å²) in [5.74, 6) is 0. The van der Waals surface area contributed by atoms with Gasteiger partial charge in [0, 0.05) is 17.1 Å². The topological polar surface area (TPSA) is 24.9 Å². The number of rotatable bonds is 7. The van der Waals surface area contributed by atoms with Crippen LogP contribution in [-0.2, 0) is 6.42 Å². The van der Waals surface area contributed by atoms with Crippen molar-refractivity contribution in [3.63, 3.8) is 0 Å². The fraction of sp³-hybridized carbons (Fsp3) is 0.400. The maximum atomic E-state index is 4.18. The van der Waals surface area contributed by atoms with Crippen molar-refractivity contribution in [3.05, 3.63) is 52.5 Å². The van der Waals surface area contributed by atoms with Crippen molar-refractivity contribution in [3.8, 4) is 0 Å². The molecule has 96 valence electrons. The van der Waals surface area contributed by atoms with Gasteiger partial charge in [-0.15, -0.1) is 11.3 Å². The van der Waals surface area contributed by atoms with Gasteiger partial charge >= 0.3 is 0 Å². The Morgan fingerprint density at radius 2 is 2.11 bits per heavy atom. The molecule has 1 atom stereocenters. The van der Waals surface area contributed by atoms with Crippen molar-refractivity contribution in [2.45, 2.75) is 32.2 Å². The van der Waals surface area contributed by atoms with Gasteiger partial charge in [-0.1, -0.05) is 37.3 Å². The number of hydrogen-bond donors (Lipinski definition) is 1. The predicted molar refractivity (Wildman–Crippen MR) is 77.9 cm³/mol. The predicted octanol–water partition coefficient (Wildman–Crippen LogP) is 3.82. The molecule has 0 amide bonds. The molecule has 0 aliphatic heterocycles. The Balaban J connectivity index is 1.93. The Hall–Kier alpha value is -1.19. The Labute approximate surface area is 113 Å². The number of benzene rings is 1. The normalized spacial score (nSPS) is 12.5. The lowest BCUT2D eigenvalue weighted by Crippen LogP contribution is -2.21. The molecule has 2 nitrogen and oxygen atoms in total. The van der Waals surface area contributed by atoms with Crippen LogP contribution in [0.5, 0.6) is 0 Å². The summed E-state index contributed by atoms with van der Waals surface area (Å²) in [6.45, 7) is 3.27. The molecule has 0 fully saturated rings. The smallest absolute Gasteiger partial charge is 0.0794 e. The molecule has 1 aromatic carbocycles. The third-order valence-electron chi connectivity index (χ3n) is 3.00. The Bertz CT molecular complexity index is 425. The second-order valence-corrected chi connectivity index (χ2v) is 5.35. The molecule has 1 heterocycles. The SMILES string of the molecule is CCCNC(CCc1ccccc1)c1cncs1. The fourth-order valence-corrected chi connectivity index (χ4v) is 2.75. The van der Waals surface area contributed by atoms with Crippen molar-refractivity contribution in [2.24, 2.45) is 0 Å². The van der Waals surface area contributed by atoms with Crippen molar-refractivity contribution in [1.29, 1.82) is 0 Å². The van der Waals surface area contributed by atoms with Gasteiger partial charge in [0.2, 0.25) is 0 Å². The quantitative estimate of drug-likeness (QED) is 0.818. The van der Waals surface area contributed by atoms with Crippen LogP contribution in [0.3, 0.4) is 0 Å². The molecule has 1 N–H and O–H groups in total. The van der Waals surface area contributed by atoms with Crippen LogP contribution >= 0.6 is 11.3 Å². The lowest BCUT2D eigenvalue weighted by molar-refractivity contribution is 0.505. The molecule has 0 bridgehead atoms. The molecule has 1 aromatic heterocycles. The first-order chi connectivity index (χ1) is 8.90. The second-order valence-electron chi connectivity index (χ2n) is 4.43. The number of hydrogen-bond acceptors (Lipinski definition) is 3. The average molecular weight is 260 g/mol. The number of aryl methyl sites for hydroxylation is 1. The van der Waals surface area contributed by atoms with Crippen LogP contribution in [0.2, 0.25) is 0 Å². The minimum atomic E-state index is 0.442. The van der Waals surface area contributed by atoms with Gasteiger partial charge in [0.15, 0.2) is 0 Å². The van der Waals surface area contributed by atoms with Gasteiger partial charge < -0.3 is 5.32 Å². The highest BCUT2D eigenvalue weighted by atomic mass is 32.1. The van der Waals surface area contributed by atoms with Gasteiger partial charge in [-0.2, -0.15) is 0 Å². The summed E-state index contributed by atoms with van der Waals surface area (Å²) in [6, 6.07) is 11.1. The van der Waals surface area contributed by atoms with Gasteiger partial charge in [0.05, 0.1) is 5.51 Å². The van der Waals surface area contributed by atoms with E-state index in [2.05, 4.69) is 47.6 Å². The van der Waals surface area contributed by atoms with E-state index in [0.717, 1.165) is 19.4 Å². The van der Waals surface area contributed by atoms with E-state index in [0.29, 0.717) is 6.04 Å². The lowest BCUT2D eigenvalue weighted by atomic mass is 10.0. The van der Waals surface area contributed by atoms with E-state index >= 15 is 0 Å². The third kappa shape index (κ3) is 3.93. The van der Waals surface area contributed by atoms with Gasteiger partial charge in [-0.05, 0) is 31.4 Å². The van der Waals surface area contributed by atoms with Crippen LogP contribution in [0.1, 0.15) is 36.2 Å². The van der Waals surface area contributed by atoms with E-state index in [1.54, 1.807) is 11.3 Å². The van der Waals surface area contributed by atoms with Crippen LogP contribution in [0, 0.1) is 0 Å². The molecule has 0 aliphatic rings. The fourth-order valence-electron chi connectivity index (χ4n) is 2.02. The lowest BCUT2D eigenvalue weighted by Gasteiger charge is -2.16. The molecule has 2 rings (SSSR count). The first kappa shape index (κ1) is 13.2. The summed E-state index contributed by atoms with van der Waals surface area (Å²) in [5, 5.41) is 3.61. The van der Waals surface area contributed by atoms with Gasteiger partial charge in [0.25, 0.3) is 0 Å². The molecule has 3 heteroatoms. The molecule has 2 aromatic rings. The van der Waals surface area contributed by atoms with Crippen LogP contribution in [0.15, 0.2) is 42.0 Å². The van der Waals surface area contributed by atoms with Crippen LogP contribution < -0.4 is 5.32 Å². The van der Waals surface area contributed by atoms with E-state index < -0.39 is 0 Å².